The monoisotopic (exact) mass is 333 g/mol. The molecule has 0 saturated carbocycles. The first-order valence-electron chi connectivity index (χ1n) is 6.35. The summed E-state index contributed by atoms with van der Waals surface area (Å²) in [5, 5.41) is 10.7. The lowest BCUT2D eigenvalue weighted by atomic mass is 10.1. The van der Waals surface area contributed by atoms with Gasteiger partial charge in [-0.3, -0.25) is 9.35 Å². The van der Waals surface area contributed by atoms with Crippen molar-refractivity contribution in [1.29, 1.82) is 0 Å². The summed E-state index contributed by atoms with van der Waals surface area (Å²) in [6.45, 7) is 0. The second kappa shape index (κ2) is 7.85. The molecule has 0 bridgehead atoms. The van der Waals surface area contributed by atoms with Crippen LogP contribution in [0.4, 0.5) is 4.39 Å². The van der Waals surface area contributed by atoms with Crippen LogP contribution in [0.3, 0.4) is 0 Å². The Morgan fingerprint density at radius 2 is 1.82 bits per heavy atom. The van der Waals surface area contributed by atoms with Crippen LogP contribution in [0.15, 0.2) is 30.3 Å². The summed E-state index contributed by atoms with van der Waals surface area (Å²) in [6.07, 6.45) is -1.88. The summed E-state index contributed by atoms with van der Waals surface area (Å²) in [5.74, 6) is -3.56. The molecule has 1 amide bonds. The first-order chi connectivity index (χ1) is 10.2. The predicted octanol–water partition coefficient (Wildman–Crippen LogP) is 0.935. The Kier molecular flexibility index (Phi) is 6.44. The van der Waals surface area contributed by atoms with Gasteiger partial charge < -0.3 is 10.4 Å². The molecule has 9 heteroatoms. The number of rotatable bonds is 8. The topological polar surface area (TPSA) is 121 Å². The Morgan fingerprint density at radius 3 is 2.32 bits per heavy atom. The Morgan fingerprint density at radius 1 is 1.23 bits per heavy atom. The minimum Gasteiger partial charge on any atom is -0.480 e. The maximum absolute atomic E-state index is 13.8. The summed E-state index contributed by atoms with van der Waals surface area (Å²) in [7, 11) is -4.56. The Balaban J connectivity index is 2.52. The number of carboxylic acid groups (broad SMARTS) is 1. The van der Waals surface area contributed by atoms with Crippen molar-refractivity contribution in [2.75, 3.05) is 5.75 Å². The van der Waals surface area contributed by atoms with Gasteiger partial charge in [-0.05, 0) is 12.0 Å². The van der Waals surface area contributed by atoms with Crippen LogP contribution in [0.5, 0.6) is 0 Å². The van der Waals surface area contributed by atoms with Gasteiger partial charge in [0.1, 0.15) is 18.0 Å². The van der Waals surface area contributed by atoms with Crippen molar-refractivity contribution in [1.82, 2.24) is 5.32 Å². The van der Waals surface area contributed by atoms with E-state index in [1.54, 1.807) is 30.3 Å². The number of hydrogen-bond donors (Lipinski definition) is 3. The number of halogens is 1. The molecular weight excluding hydrogens is 317 g/mol. The van der Waals surface area contributed by atoms with Crippen molar-refractivity contribution >= 4 is 22.0 Å². The maximum atomic E-state index is 13.8. The smallest absolute Gasteiger partial charge is 0.327 e. The molecule has 22 heavy (non-hydrogen) atoms. The number of amides is 1. The quantitative estimate of drug-likeness (QED) is 0.609. The molecule has 0 aliphatic carbocycles. The van der Waals surface area contributed by atoms with E-state index in [2.05, 4.69) is 0 Å². The molecule has 7 nitrogen and oxygen atoms in total. The van der Waals surface area contributed by atoms with Crippen molar-refractivity contribution in [3.8, 4) is 0 Å². The maximum Gasteiger partial charge on any atom is 0.327 e. The van der Waals surface area contributed by atoms with Gasteiger partial charge in [0.05, 0.1) is 0 Å². The van der Waals surface area contributed by atoms with Crippen molar-refractivity contribution in [2.24, 2.45) is 0 Å². The minimum atomic E-state index is -4.56. The van der Waals surface area contributed by atoms with Gasteiger partial charge in [-0.15, -0.1) is 0 Å². The van der Waals surface area contributed by atoms with Gasteiger partial charge in [-0.25, -0.2) is 9.18 Å². The largest absolute Gasteiger partial charge is 0.480 e. The number of benzene rings is 1. The molecule has 0 heterocycles. The molecule has 1 aromatic rings. The highest BCUT2D eigenvalue weighted by molar-refractivity contribution is 7.85. The van der Waals surface area contributed by atoms with Crippen molar-refractivity contribution in [3.63, 3.8) is 0 Å². The molecule has 122 valence electrons. The lowest BCUT2D eigenvalue weighted by Gasteiger charge is -2.13. The lowest BCUT2D eigenvalue weighted by molar-refractivity contribution is -0.141. The lowest BCUT2D eigenvalue weighted by Crippen LogP contribution is -2.45. The predicted molar refractivity (Wildman–Crippen MR) is 75.5 cm³/mol. The summed E-state index contributed by atoms with van der Waals surface area (Å²) in [5.41, 5.74) is 0.392. The van der Waals surface area contributed by atoms with E-state index >= 15 is 0 Å². The van der Waals surface area contributed by atoms with Crippen LogP contribution < -0.4 is 5.32 Å². The van der Waals surface area contributed by atoms with Crippen molar-refractivity contribution < 1.29 is 32.1 Å². The van der Waals surface area contributed by atoms with Gasteiger partial charge in [0.15, 0.2) is 0 Å². The first kappa shape index (κ1) is 18.1. The highest BCUT2D eigenvalue weighted by Crippen LogP contribution is 2.22. The molecule has 3 N–H and O–H groups in total. The zero-order chi connectivity index (χ0) is 16.8. The summed E-state index contributed by atoms with van der Waals surface area (Å²) in [4.78, 5) is 22.4. The van der Waals surface area contributed by atoms with Crippen LogP contribution >= 0.6 is 0 Å². The average Bonchev–Trinajstić information content (AvgIpc) is 2.43. The van der Waals surface area contributed by atoms with Crippen molar-refractivity contribution in [2.45, 2.75) is 25.1 Å². The Labute approximate surface area is 126 Å². The molecule has 1 unspecified atom stereocenters. The van der Waals surface area contributed by atoms with E-state index in [-0.39, 0.29) is 12.8 Å². The van der Waals surface area contributed by atoms with Gasteiger partial charge in [0.2, 0.25) is 5.91 Å². The summed E-state index contributed by atoms with van der Waals surface area (Å²) < 4.78 is 43.8. The number of alkyl halides is 1. The SMILES string of the molecule is O=C(CCC(F)c1ccccc1)N[C@@H](CS(=O)(=O)O)C(=O)O. The van der Waals surface area contributed by atoms with E-state index in [0.717, 1.165) is 0 Å². The highest BCUT2D eigenvalue weighted by atomic mass is 32.2. The van der Waals surface area contributed by atoms with Crippen LogP contribution in [-0.4, -0.2) is 41.7 Å². The van der Waals surface area contributed by atoms with Crippen LogP contribution in [0.2, 0.25) is 0 Å². The van der Waals surface area contributed by atoms with E-state index in [0.29, 0.717) is 5.56 Å². The van der Waals surface area contributed by atoms with E-state index in [9.17, 15) is 22.4 Å². The summed E-state index contributed by atoms with van der Waals surface area (Å²) >= 11 is 0. The minimum absolute atomic E-state index is 0.173. The molecular formula is C13H16FNO6S. The highest BCUT2D eigenvalue weighted by Gasteiger charge is 2.25. The normalized spacial score (nSPS) is 14.1. The van der Waals surface area contributed by atoms with Crippen LogP contribution in [-0.2, 0) is 19.7 Å². The number of carbonyl (C=O) groups excluding carboxylic acids is 1. The Hall–Kier alpha value is -2.00. The molecule has 1 aromatic carbocycles. The zero-order valence-corrected chi connectivity index (χ0v) is 12.3. The molecule has 0 saturated heterocycles. The molecule has 0 aliphatic rings. The molecule has 1 rings (SSSR count). The van der Waals surface area contributed by atoms with E-state index in [1.807, 2.05) is 5.32 Å². The fourth-order valence-electron chi connectivity index (χ4n) is 1.74. The van der Waals surface area contributed by atoms with Crippen molar-refractivity contribution in [3.05, 3.63) is 35.9 Å². The first-order valence-corrected chi connectivity index (χ1v) is 7.96. The number of carbonyl (C=O) groups is 2. The van der Waals surface area contributed by atoms with Crippen LogP contribution in [0.25, 0.3) is 0 Å². The molecule has 0 aliphatic heterocycles. The van der Waals surface area contributed by atoms with Gasteiger partial charge in [0, 0.05) is 6.42 Å². The third kappa shape index (κ3) is 6.64. The van der Waals surface area contributed by atoms with Gasteiger partial charge in [-0.1, -0.05) is 30.3 Å². The van der Waals surface area contributed by atoms with E-state index < -0.39 is 40.0 Å². The molecule has 0 spiro atoms. The zero-order valence-electron chi connectivity index (χ0n) is 11.5. The second-order valence-corrected chi connectivity index (χ2v) is 6.12. The fraction of sp³-hybridized carbons (Fsp3) is 0.385. The number of hydrogen-bond acceptors (Lipinski definition) is 4. The Bertz CT molecular complexity index is 619. The third-order valence-electron chi connectivity index (χ3n) is 2.80. The number of nitrogens with one attached hydrogen (secondary N) is 1. The van der Waals surface area contributed by atoms with E-state index in [4.69, 9.17) is 9.66 Å². The fourth-order valence-corrected chi connectivity index (χ4v) is 2.39. The second-order valence-electron chi connectivity index (χ2n) is 4.62. The molecule has 0 fully saturated rings. The molecule has 2 atom stereocenters. The van der Waals surface area contributed by atoms with Crippen LogP contribution in [0.1, 0.15) is 24.6 Å². The van der Waals surface area contributed by atoms with Crippen LogP contribution in [0, 0.1) is 0 Å². The summed E-state index contributed by atoms with van der Waals surface area (Å²) in [6, 6.07) is 6.35. The van der Waals surface area contributed by atoms with Gasteiger partial charge in [-0.2, -0.15) is 8.42 Å². The van der Waals surface area contributed by atoms with Gasteiger partial charge in [0.25, 0.3) is 10.1 Å². The number of carboxylic acids is 1. The molecule has 0 aromatic heterocycles. The average molecular weight is 333 g/mol. The molecule has 0 radical (unpaired) electrons. The standard InChI is InChI=1S/C13H16FNO6S/c14-10(9-4-2-1-3-5-9)6-7-12(16)15-11(13(17)18)8-22(19,20)21/h1-5,10-11H,6-8H2,(H,15,16)(H,17,18)(H,19,20,21)/t10?,11-/m0/s1. The third-order valence-corrected chi connectivity index (χ3v) is 3.55. The van der Waals surface area contributed by atoms with E-state index in [1.165, 1.54) is 0 Å². The van der Waals surface area contributed by atoms with Gasteiger partial charge >= 0.3 is 5.97 Å². The number of aliphatic carboxylic acids is 1.